The summed E-state index contributed by atoms with van der Waals surface area (Å²) in [5.41, 5.74) is 0. The first-order chi connectivity index (χ1) is 8.15. The average Bonchev–Trinajstić information content (AvgIpc) is 2.67. The summed E-state index contributed by atoms with van der Waals surface area (Å²) < 4.78 is 1.08. The van der Waals surface area contributed by atoms with Crippen molar-refractivity contribution in [3.63, 3.8) is 0 Å². The molecule has 2 rings (SSSR count). The highest BCUT2D eigenvalue weighted by atomic mass is 79.9. The molecule has 2 heterocycles. The van der Waals surface area contributed by atoms with Gasteiger partial charge in [0.2, 0.25) is 5.91 Å². The lowest BCUT2D eigenvalue weighted by Gasteiger charge is -2.30. The van der Waals surface area contributed by atoms with E-state index in [0.717, 1.165) is 28.0 Å². The van der Waals surface area contributed by atoms with E-state index in [0.29, 0.717) is 12.5 Å². The molecule has 0 aliphatic carbocycles. The Morgan fingerprint density at radius 2 is 2.47 bits per heavy atom. The van der Waals surface area contributed by atoms with Crippen molar-refractivity contribution >= 4 is 33.2 Å². The summed E-state index contributed by atoms with van der Waals surface area (Å²) in [4.78, 5) is 13.0. The van der Waals surface area contributed by atoms with E-state index < -0.39 is 0 Å². The Morgan fingerprint density at radius 1 is 1.65 bits per heavy atom. The van der Waals surface area contributed by atoms with Crippen molar-refractivity contribution in [1.29, 1.82) is 0 Å². The predicted octanol–water partition coefficient (Wildman–Crippen LogP) is 2.31. The predicted molar refractivity (Wildman–Crippen MR) is 74.4 cm³/mol. The Morgan fingerprint density at radius 3 is 3.12 bits per heavy atom. The van der Waals surface area contributed by atoms with Crippen LogP contribution in [0.5, 0.6) is 0 Å². The number of rotatable bonds is 3. The number of thiophene rings is 1. The number of piperidine rings is 1. The smallest absolute Gasteiger partial charge is 0.225 e. The van der Waals surface area contributed by atoms with E-state index in [2.05, 4.69) is 33.5 Å². The van der Waals surface area contributed by atoms with Crippen LogP contribution in [0.2, 0.25) is 0 Å². The van der Waals surface area contributed by atoms with Crippen molar-refractivity contribution in [2.75, 3.05) is 6.54 Å². The molecule has 1 aromatic rings. The van der Waals surface area contributed by atoms with Crippen LogP contribution in [0.1, 0.15) is 24.6 Å². The third-order valence-electron chi connectivity index (χ3n) is 3.07. The first-order valence-corrected chi connectivity index (χ1v) is 7.53. The molecule has 5 heteroatoms. The molecule has 94 valence electrons. The topological polar surface area (TPSA) is 41.1 Å². The molecule has 0 saturated carbocycles. The van der Waals surface area contributed by atoms with E-state index in [1.807, 2.05) is 12.1 Å². The van der Waals surface area contributed by atoms with Crippen molar-refractivity contribution in [2.24, 2.45) is 0 Å². The van der Waals surface area contributed by atoms with Crippen molar-refractivity contribution in [3.05, 3.63) is 20.8 Å². The Balaban J connectivity index is 1.84. The van der Waals surface area contributed by atoms with Gasteiger partial charge >= 0.3 is 0 Å². The van der Waals surface area contributed by atoms with Gasteiger partial charge in [0.05, 0.1) is 10.2 Å². The number of hydrogen-bond acceptors (Lipinski definition) is 3. The van der Waals surface area contributed by atoms with Crippen molar-refractivity contribution in [3.8, 4) is 0 Å². The van der Waals surface area contributed by atoms with Gasteiger partial charge in [-0.3, -0.25) is 4.79 Å². The summed E-state index contributed by atoms with van der Waals surface area (Å²) in [5.74, 6) is 0.125. The van der Waals surface area contributed by atoms with Crippen LogP contribution in [0.25, 0.3) is 0 Å². The average molecular weight is 317 g/mol. The molecule has 0 aromatic carbocycles. The van der Waals surface area contributed by atoms with Gasteiger partial charge in [-0.05, 0) is 54.4 Å². The molecule has 0 bridgehead atoms. The maximum Gasteiger partial charge on any atom is 0.225 e. The van der Waals surface area contributed by atoms with Crippen LogP contribution >= 0.6 is 27.3 Å². The largest absolute Gasteiger partial charge is 0.352 e. The van der Waals surface area contributed by atoms with Gasteiger partial charge in [-0.2, -0.15) is 0 Å². The van der Waals surface area contributed by atoms with Crippen LogP contribution < -0.4 is 10.6 Å². The molecular formula is C12H17BrN2OS. The maximum absolute atomic E-state index is 11.9. The van der Waals surface area contributed by atoms with Gasteiger partial charge in [0.15, 0.2) is 0 Å². The summed E-state index contributed by atoms with van der Waals surface area (Å²) in [7, 11) is 0. The van der Waals surface area contributed by atoms with Crippen LogP contribution in [0, 0.1) is 0 Å². The lowest BCUT2D eigenvalue weighted by atomic mass is 10.00. The fourth-order valence-electron chi connectivity index (χ4n) is 2.10. The molecule has 1 aliphatic heterocycles. The Labute approximate surface area is 114 Å². The first-order valence-electron chi connectivity index (χ1n) is 5.92. The van der Waals surface area contributed by atoms with Gasteiger partial charge in [0.1, 0.15) is 0 Å². The molecular weight excluding hydrogens is 300 g/mol. The van der Waals surface area contributed by atoms with Gasteiger partial charge in [-0.1, -0.05) is 0 Å². The normalized spacial score (nSPS) is 24.6. The van der Waals surface area contributed by atoms with Crippen molar-refractivity contribution in [1.82, 2.24) is 10.6 Å². The zero-order valence-electron chi connectivity index (χ0n) is 9.83. The Kier molecular flexibility index (Phi) is 4.59. The minimum Gasteiger partial charge on any atom is -0.352 e. The summed E-state index contributed by atoms with van der Waals surface area (Å²) in [5, 5.41) is 6.50. The van der Waals surface area contributed by atoms with Crippen LogP contribution in [0.3, 0.4) is 0 Å². The third-order valence-corrected chi connectivity index (χ3v) is 4.70. The number of halogens is 1. The molecule has 0 radical (unpaired) electrons. The number of nitrogens with one attached hydrogen (secondary N) is 2. The first kappa shape index (κ1) is 13.1. The molecule has 3 nitrogen and oxygen atoms in total. The van der Waals surface area contributed by atoms with Gasteiger partial charge in [-0.15, -0.1) is 11.3 Å². The fraction of sp³-hybridized carbons (Fsp3) is 0.583. The summed E-state index contributed by atoms with van der Waals surface area (Å²) in [6.45, 7) is 3.19. The molecule has 17 heavy (non-hydrogen) atoms. The number of hydrogen-bond donors (Lipinski definition) is 2. The summed E-state index contributed by atoms with van der Waals surface area (Å²) in [6.07, 6.45) is 2.70. The van der Waals surface area contributed by atoms with Crippen LogP contribution in [0.15, 0.2) is 15.9 Å². The highest BCUT2D eigenvalue weighted by Gasteiger charge is 2.22. The molecule has 1 aliphatic rings. The standard InChI is InChI=1S/C12H17BrN2OS/c1-8-10(3-2-6-14-8)15-12(16)7-9-4-5-11(13)17-9/h4-5,8,10,14H,2-3,6-7H2,1H3,(H,15,16). The zero-order chi connectivity index (χ0) is 12.3. The van der Waals surface area contributed by atoms with E-state index in [-0.39, 0.29) is 11.9 Å². The number of carbonyl (C=O) groups excluding carboxylic acids is 1. The SMILES string of the molecule is CC1NCCCC1NC(=O)Cc1ccc(Br)s1. The molecule has 1 saturated heterocycles. The van der Waals surface area contributed by atoms with E-state index in [1.165, 1.54) is 0 Å². The molecule has 2 unspecified atom stereocenters. The minimum absolute atomic E-state index is 0.125. The maximum atomic E-state index is 11.9. The minimum atomic E-state index is 0.125. The molecule has 0 spiro atoms. The van der Waals surface area contributed by atoms with Crippen molar-refractivity contribution in [2.45, 2.75) is 38.3 Å². The lowest BCUT2D eigenvalue weighted by Crippen LogP contribution is -2.52. The number of carbonyl (C=O) groups is 1. The summed E-state index contributed by atoms with van der Waals surface area (Å²) >= 11 is 5.03. The zero-order valence-corrected chi connectivity index (χ0v) is 12.2. The molecule has 1 fully saturated rings. The van der Waals surface area contributed by atoms with E-state index in [1.54, 1.807) is 11.3 Å². The van der Waals surface area contributed by atoms with Gasteiger partial charge in [0.25, 0.3) is 0 Å². The highest BCUT2D eigenvalue weighted by Crippen LogP contribution is 2.22. The third kappa shape index (κ3) is 3.79. The molecule has 2 N–H and O–H groups in total. The second-order valence-electron chi connectivity index (χ2n) is 4.44. The van der Waals surface area contributed by atoms with E-state index >= 15 is 0 Å². The van der Waals surface area contributed by atoms with Crippen LogP contribution in [-0.2, 0) is 11.2 Å². The molecule has 1 aromatic heterocycles. The second kappa shape index (κ2) is 5.98. The Bertz CT molecular complexity index is 394. The van der Waals surface area contributed by atoms with Crippen LogP contribution in [-0.4, -0.2) is 24.5 Å². The highest BCUT2D eigenvalue weighted by molar-refractivity contribution is 9.11. The number of amides is 1. The van der Waals surface area contributed by atoms with Crippen LogP contribution in [0.4, 0.5) is 0 Å². The molecule has 1 amide bonds. The van der Waals surface area contributed by atoms with E-state index in [4.69, 9.17) is 0 Å². The van der Waals surface area contributed by atoms with Gasteiger partial charge < -0.3 is 10.6 Å². The second-order valence-corrected chi connectivity index (χ2v) is 6.99. The van der Waals surface area contributed by atoms with Crippen molar-refractivity contribution < 1.29 is 4.79 Å². The Hall–Kier alpha value is -0.390. The molecule has 2 atom stereocenters. The monoisotopic (exact) mass is 316 g/mol. The quantitative estimate of drug-likeness (QED) is 0.898. The lowest BCUT2D eigenvalue weighted by molar-refractivity contribution is -0.121. The van der Waals surface area contributed by atoms with Gasteiger partial charge in [0, 0.05) is 17.0 Å². The van der Waals surface area contributed by atoms with Gasteiger partial charge in [-0.25, -0.2) is 0 Å². The van der Waals surface area contributed by atoms with E-state index in [9.17, 15) is 4.79 Å². The summed E-state index contributed by atoms with van der Waals surface area (Å²) in [6, 6.07) is 4.64. The fourth-order valence-corrected chi connectivity index (χ4v) is 3.59.